The van der Waals surface area contributed by atoms with Crippen LogP contribution in [-0.4, -0.2) is 29.6 Å². The Kier molecular flexibility index (Phi) is 2.07. The minimum Gasteiger partial charge on any atom is -0.447 e. The third-order valence-electron chi connectivity index (χ3n) is 2.21. The Morgan fingerprint density at radius 1 is 1.64 bits per heavy atom. The largest absolute Gasteiger partial charge is 0.447 e. The number of rotatable bonds is 1. The lowest BCUT2D eigenvalue weighted by Gasteiger charge is -2.14. The summed E-state index contributed by atoms with van der Waals surface area (Å²) in [6, 6.07) is 2.67. The summed E-state index contributed by atoms with van der Waals surface area (Å²) in [5, 5.41) is 0. The first-order valence-corrected chi connectivity index (χ1v) is 4.19. The summed E-state index contributed by atoms with van der Waals surface area (Å²) < 4.78 is 17.4. The van der Waals surface area contributed by atoms with E-state index in [2.05, 4.69) is 4.98 Å². The van der Waals surface area contributed by atoms with Gasteiger partial charge in [0.05, 0.1) is 11.9 Å². The number of likely N-dealkylation sites (N-methyl/N-ethyl adjacent to an activating group) is 1. The van der Waals surface area contributed by atoms with Crippen molar-refractivity contribution in [1.29, 1.82) is 0 Å². The summed E-state index contributed by atoms with van der Waals surface area (Å²) in [5.41, 5.74) is 0.639. The van der Waals surface area contributed by atoms with Gasteiger partial charge in [0.2, 0.25) is 0 Å². The van der Waals surface area contributed by atoms with Crippen molar-refractivity contribution in [3.05, 3.63) is 29.8 Å². The fraction of sp³-hybridized carbons (Fsp3) is 0.333. The molecule has 2 rings (SSSR count). The topological polar surface area (TPSA) is 42.4 Å². The molecule has 0 aliphatic carbocycles. The number of cyclic esters (lactones) is 1. The number of pyridine rings is 1. The zero-order valence-electron chi connectivity index (χ0n) is 7.61. The van der Waals surface area contributed by atoms with Crippen LogP contribution in [0.25, 0.3) is 0 Å². The maximum Gasteiger partial charge on any atom is 0.410 e. The van der Waals surface area contributed by atoms with Gasteiger partial charge in [-0.3, -0.25) is 9.88 Å². The van der Waals surface area contributed by atoms with Gasteiger partial charge in [-0.15, -0.1) is 0 Å². The van der Waals surface area contributed by atoms with E-state index < -0.39 is 0 Å². The highest BCUT2D eigenvalue weighted by atomic mass is 19.1. The first kappa shape index (κ1) is 8.93. The lowest BCUT2D eigenvalue weighted by Crippen LogP contribution is -2.23. The SMILES string of the molecule is CN1C(=O)OCC1c1ccc(F)cn1. The lowest BCUT2D eigenvalue weighted by atomic mass is 10.2. The second-order valence-electron chi connectivity index (χ2n) is 3.10. The molecule has 2 heterocycles. The van der Waals surface area contributed by atoms with Crippen LogP contribution in [0.5, 0.6) is 0 Å². The quantitative estimate of drug-likeness (QED) is 0.680. The van der Waals surface area contributed by atoms with Crippen molar-refractivity contribution in [3.63, 3.8) is 0 Å². The summed E-state index contributed by atoms with van der Waals surface area (Å²) in [7, 11) is 1.63. The van der Waals surface area contributed by atoms with Gasteiger partial charge < -0.3 is 4.74 Å². The molecule has 1 aliphatic heterocycles. The Labute approximate surface area is 80.3 Å². The molecular weight excluding hydrogens is 187 g/mol. The van der Waals surface area contributed by atoms with Crippen LogP contribution in [0.2, 0.25) is 0 Å². The minimum atomic E-state index is -0.387. The Morgan fingerprint density at radius 2 is 2.43 bits per heavy atom. The molecular formula is C9H9FN2O2. The van der Waals surface area contributed by atoms with Crippen LogP contribution in [0, 0.1) is 5.82 Å². The smallest absolute Gasteiger partial charge is 0.410 e. The van der Waals surface area contributed by atoms with E-state index >= 15 is 0 Å². The van der Waals surface area contributed by atoms with E-state index in [0.29, 0.717) is 5.69 Å². The van der Waals surface area contributed by atoms with Crippen molar-refractivity contribution >= 4 is 6.09 Å². The molecule has 4 nitrogen and oxygen atoms in total. The Morgan fingerprint density at radius 3 is 2.93 bits per heavy atom. The third-order valence-corrected chi connectivity index (χ3v) is 2.21. The van der Waals surface area contributed by atoms with E-state index in [4.69, 9.17) is 4.74 Å². The second-order valence-corrected chi connectivity index (χ2v) is 3.10. The third kappa shape index (κ3) is 1.41. The summed E-state index contributed by atoms with van der Waals surface area (Å²) in [4.78, 5) is 16.4. The molecule has 1 saturated heterocycles. The normalized spacial score (nSPS) is 21.1. The van der Waals surface area contributed by atoms with Crippen LogP contribution in [0.3, 0.4) is 0 Å². The van der Waals surface area contributed by atoms with Crippen LogP contribution in [0.4, 0.5) is 9.18 Å². The molecule has 0 spiro atoms. The van der Waals surface area contributed by atoms with Gasteiger partial charge in [-0.1, -0.05) is 0 Å². The molecule has 1 unspecified atom stereocenters. The number of aromatic nitrogens is 1. The number of ether oxygens (including phenoxy) is 1. The number of hydrogen-bond acceptors (Lipinski definition) is 3. The van der Waals surface area contributed by atoms with Gasteiger partial charge in [0.25, 0.3) is 0 Å². The average Bonchev–Trinajstić information content (AvgIpc) is 2.50. The molecule has 1 aromatic rings. The van der Waals surface area contributed by atoms with Crippen molar-refractivity contribution < 1.29 is 13.9 Å². The fourth-order valence-corrected chi connectivity index (χ4v) is 1.36. The molecule has 0 saturated carbocycles. The average molecular weight is 196 g/mol. The highest BCUT2D eigenvalue weighted by molar-refractivity contribution is 5.69. The molecule has 74 valence electrons. The summed E-state index contributed by atoms with van der Waals surface area (Å²) in [6.07, 6.45) is 0.757. The summed E-state index contributed by atoms with van der Waals surface area (Å²) in [5.74, 6) is -0.387. The molecule has 14 heavy (non-hydrogen) atoms. The van der Waals surface area contributed by atoms with Crippen molar-refractivity contribution in [2.75, 3.05) is 13.7 Å². The highest BCUT2D eigenvalue weighted by Crippen LogP contribution is 2.23. The van der Waals surface area contributed by atoms with Crippen LogP contribution in [0.15, 0.2) is 18.3 Å². The highest BCUT2D eigenvalue weighted by Gasteiger charge is 2.31. The summed E-state index contributed by atoms with van der Waals surface area (Å²) >= 11 is 0. The Balaban J connectivity index is 2.23. The molecule has 0 aromatic carbocycles. The monoisotopic (exact) mass is 196 g/mol. The van der Waals surface area contributed by atoms with Gasteiger partial charge in [0.15, 0.2) is 0 Å². The molecule has 0 bridgehead atoms. The van der Waals surface area contributed by atoms with Crippen LogP contribution < -0.4 is 0 Å². The van der Waals surface area contributed by atoms with E-state index in [-0.39, 0.29) is 24.6 Å². The number of carbonyl (C=O) groups excluding carboxylic acids is 1. The molecule has 1 amide bonds. The van der Waals surface area contributed by atoms with Crippen LogP contribution in [0.1, 0.15) is 11.7 Å². The molecule has 1 aromatic heterocycles. The van der Waals surface area contributed by atoms with Gasteiger partial charge in [-0.2, -0.15) is 0 Å². The standard InChI is InChI=1S/C9H9FN2O2/c1-12-8(5-14-9(12)13)7-3-2-6(10)4-11-7/h2-4,8H,5H2,1H3. The molecule has 0 radical (unpaired) electrons. The number of nitrogens with zero attached hydrogens (tertiary/aromatic N) is 2. The number of amides is 1. The summed E-state index contributed by atoms with van der Waals surface area (Å²) in [6.45, 7) is 0.272. The maximum absolute atomic E-state index is 12.6. The lowest BCUT2D eigenvalue weighted by molar-refractivity contribution is 0.163. The van der Waals surface area contributed by atoms with Crippen molar-refractivity contribution in [1.82, 2.24) is 9.88 Å². The zero-order chi connectivity index (χ0) is 10.1. The maximum atomic E-state index is 12.6. The van der Waals surface area contributed by atoms with Gasteiger partial charge in [-0.05, 0) is 12.1 Å². The molecule has 1 aliphatic rings. The van der Waals surface area contributed by atoms with Gasteiger partial charge in [-0.25, -0.2) is 9.18 Å². The van der Waals surface area contributed by atoms with E-state index in [1.54, 1.807) is 13.1 Å². The molecule has 5 heteroatoms. The van der Waals surface area contributed by atoms with Crippen molar-refractivity contribution in [2.24, 2.45) is 0 Å². The number of halogens is 1. The number of carbonyl (C=O) groups is 1. The Hall–Kier alpha value is -1.65. The Bertz CT molecular complexity index is 352. The van der Waals surface area contributed by atoms with Crippen molar-refractivity contribution in [2.45, 2.75) is 6.04 Å². The van der Waals surface area contributed by atoms with E-state index in [9.17, 15) is 9.18 Å². The van der Waals surface area contributed by atoms with Gasteiger partial charge in [0.1, 0.15) is 18.5 Å². The first-order valence-electron chi connectivity index (χ1n) is 4.19. The first-order chi connectivity index (χ1) is 6.68. The predicted octanol–water partition coefficient (Wildman–Crippen LogP) is 1.34. The number of hydrogen-bond donors (Lipinski definition) is 0. The molecule has 1 atom stereocenters. The van der Waals surface area contributed by atoms with Gasteiger partial charge >= 0.3 is 6.09 Å². The second kappa shape index (κ2) is 3.25. The fourth-order valence-electron chi connectivity index (χ4n) is 1.36. The van der Waals surface area contributed by atoms with Crippen LogP contribution in [-0.2, 0) is 4.74 Å². The van der Waals surface area contributed by atoms with E-state index in [1.165, 1.54) is 11.0 Å². The van der Waals surface area contributed by atoms with E-state index in [0.717, 1.165) is 6.20 Å². The molecule has 1 fully saturated rings. The van der Waals surface area contributed by atoms with Gasteiger partial charge in [0, 0.05) is 7.05 Å². The van der Waals surface area contributed by atoms with Crippen molar-refractivity contribution in [3.8, 4) is 0 Å². The predicted molar refractivity (Wildman–Crippen MR) is 46.0 cm³/mol. The van der Waals surface area contributed by atoms with Crippen LogP contribution >= 0.6 is 0 Å². The molecule has 0 N–H and O–H groups in total. The zero-order valence-corrected chi connectivity index (χ0v) is 7.61. The minimum absolute atomic E-state index is 0.205. The van der Waals surface area contributed by atoms with E-state index in [1.807, 2.05) is 0 Å².